The molecule has 0 aliphatic rings. The average molecular weight is 290 g/mol. The van der Waals surface area contributed by atoms with Gasteiger partial charge in [0.2, 0.25) is 5.91 Å². The first kappa shape index (κ1) is 15.0. The standard InChI is InChI=1S/C16H22N2OS/c1-3-5-12-18(4-2)16(19)11-10-15-17-13-8-6-7-9-14(13)20-15/h6-9H,3-5,10-12H2,1-2H3. The number of thiazole rings is 1. The molecule has 1 amide bonds. The maximum atomic E-state index is 12.2. The van der Waals surface area contributed by atoms with Gasteiger partial charge in [-0.2, -0.15) is 0 Å². The molecule has 0 bridgehead atoms. The molecule has 1 aromatic carbocycles. The van der Waals surface area contributed by atoms with E-state index in [4.69, 9.17) is 0 Å². The van der Waals surface area contributed by atoms with E-state index in [0.717, 1.165) is 42.9 Å². The number of nitrogens with zero attached hydrogens (tertiary/aromatic N) is 2. The Kier molecular flexibility index (Phi) is 5.53. The van der Waals surface area contributed by atoms with E-state index >= 15 is 0 Å². The molecule has 0 fully saturated rings. The van der Waals surface area contributed by atoms with Crippen molar-refractivity contribution in [3.8, 4) is 0 Å². The van der Waals surface area contributed by atoms with Crippen molar-refractivity contribution in [2.75, 3.05) is 13.1 Å². The van der Waals surface area contributed by atoms with Crippen LogP contribution in [0, 0.1) is 0 Å². The summed E-state index contributed by atoms with van der Waals surface area (Å²) >= 11 is 1.69. The van der Waals surface area contributed by atoms with Gasteiger partial charge in [0.1, 0.15) is 0 Å². The summed E-state index contributed by atoms with van der Waals surface area (Å²) in [6.07, 6.45) is 3.53. The normalized spacial score (nSPS) is 10.9. The monoisotopic (exact) mass is 290 g/mol. The Morgan fingerprint density at radius 2 is 2.10 bits per heavy atom. The molecule has 0 saturated carbocycles. The number of amides is 1. The number of aryl methyl sites for hydroxylation is 1. The number of para-hydroxylation sites is 1. The lowest BCUT2D eigenvalue weighted by Gasteiger charge is -2.20. The molecular weight excluding hydrogens is 268 g/mol. The summed E-state index contributed by atoms with van der Waals surface area (Å²) in [5.41, 5.74) is 1.04. The molecule has 0 saturated heterocycles. The molecule has 0 aliphatic carbocycles. The summed E-state index contributed by atoms with van der Waals surface area (Å²) < 4.78 is 1.20. The van der Waals surface area contributed by atoms with Crippen molar-refractivity contribution in [1.29, 1.82) is 0 Å². The van der Waals surface area contributed by atoms with Crippen LogP contribution < -0.4 is 0 Å². The van der Waals surface area contributed by atoms with Crippen molar-refractivity contribution in [1.82, 2.24) is 9.88 Å². The van der Waals surface area contributed by atoms with E-state index in [-0.39, 0.29) is 5.91 Å². The van der Waals surface area contributed by atoms with Gasteiger partial charge in [-0.1, -0.05) is 25.5 Å². The van der Waals surface area contributed by atoms with Crippen molar-refractivity contribution < 1.29 is 4.79 Å². The van der Waals surface area contributed by atoms with Crippen LogP contribution in [0.15, 0.2) is 24.3 Å². The van der Waals surface area contributed by atoms with E-state index < -0.39 is 0 Å². The Morgan fingerprint density at radius 1 is 1.30 bits per heavy atom. The van der Waals surface area contributed by atoms with E-state index in [1.165, 1.54) is 4.70 Å². The minimum Gasteiger partial charge on any atom is -0.343 e. The van der Waals surface area contributed by atoms with Crippen LogP contribution in [-0.2, 0) is 11.2 Å². The zero-order chi connectivity index (χ0) is 14.4. The molecule has 4 heteroatoms. The number of hydrogen-bond acceptors (Lipinski definition) is 3. The lowest BCUT2D eigenvalue weighted by molar-refractivity contribution is -0.131. The first-order chi connectivity index (χ1) is 9.74. The summed E-state index contributed by atoms with van der Waals surface area (Å²) in [4.78, 5) is 18.7. The molecule has 2 aromatic rings. The minimum absolute atomic E-state index is 0.250. The molecule has 20 heavy (non-hydrogen) atoms. The van der Waals surface area contributed by atoms with Crippen LogP contribution in [0.3, 0.4) is 0 Å². The van der Waals surface area contributed by atoms with Gasteiger partial charge in [-0.3, -0.25) is 4.79 Å². The largest absolute Gasteiger partial charge is 0.343 e. The van der Waals surface area contributed by atoms with Gasteiger partial charge in [-0.25, -0.2) is 4.98 Å². The first-order valence-electron chi connectivity index (χ1n) is 7.36. The Hall–Kier alpha value is -1.42. The summed E-state index contributed by atoms with van der Waals surface area (Å²) in [5, 5.41) is 1.06. The summed E-state index contributed by atoms with van der Waals surface area (Å²) in [5.74, 6) is 0.250. The highest BCUT2D eigenvalue weighted by Gasteiger charge is 2.12. The van der Waals surface area contributed by atoms with E-state index in [1.54, 1.807) is 11.3 Å². The highest BCUT2D eigenvalue weighted by atomic mass is 32.1. The van der Waals surface area contributed by atoms with Crippen LogP contribution in [0.2, 0.25) is 0 Å². The lowest BCUT2D eigenvalue weighted by Crippen LogP contribution is -2.31. The number of rotatable bonds is 7. The molecule has 3 nitrogen and oxygen atoms in total. The fourth-order valence-corrected chi connectivity index (χ4v) is 3.17. The van der Waals surface area contributed by atoms with Crippen LogP contribution >= 0.6 is 11.3 Å². The van der Waals surface area contributed by atoms with Crippen LogP contribution in [0.4, 0.5) is 0 Å². The van der Waals surface area contributed by atoms with E-state index in [1.807, 2.05) is 30.0 Å². The molecule has 0 radical (unpaired) electrons. The molecular formula is C16H22N2OS. The van der Waals surface area contributed by atoms with Gasteiger partial charge in [0.15, 0.2) is 0 Å². The molecule has 0 N–H and O–H groups in total. The topological polar surface area (TPSA) is 33.2 Å². The van der Waals surface area contributed by atoms with Crippen molar-refractivity contribution in [2.24, 2.45) is 0 Å². The van der Waals surface area contributed by atoms with E-state index in [0.29, 0.717) is 6.42 Å². The maximum absolute atomic E-state index is 12.2. The first-order valence-corrected chi connectivity index (χ1v) is 8.18. The third-order valence-corrected chi connectivity index (χ3v) is 4.50. The number of benzene rings is 1. The van der Waals surface area contributed by atoms with Crippen molar-refractivity contribution in [3.63, 3.8) is 0 Å². The number of unbranched alkanes of at least 4 members (excludes halogenated alkanes) is 1. The molecule has 1 aromatic heterocycles. The van der Waals surface area contributed by atoms with Crippen LogP contribution in [0.25, 0.3) is 10.2 Å². The van der Waals surface area contributed by atoms with Gasteiger partial charge in [0, 0.05) is 25.9 Å². The molecule has 0 atom stereocenters. The highest BCUT2D eigenvalue weighted by molar-refractivity contribution is 7.18. The molecule has 0 aliphatic heterocycles. The second kappa shape index (κ2) is 7.39. The van der Waals surface area contributed by atoms with Crippen LogP contribution in [0.5, 0.6) is 0 Å². The van der Waals surface area contributed by atoms with Crippen molar-refractivity contribution in [2.45, 2.75) is 39.5 Å². The number of fused-ring (bicyclic) bond motifs is 1. The third-order valence-electron chi connectivity index (χ3n) is 3.41. The van der Waals surface area contributed by atoms with Crippen LogP contribution in [-0.4, -0.2) is 28.9 Å². The molecule has 1 heterocycles. The van der Waals surface area contributed by atoms with Gasteiger partial charge in [-0.15, -0.1) is 11.3 Å². The molecule has 0 unspecified atom stereocenters. The van der Waals surface area contributed by atoms with Crippen LogP contribution in [0.1, 0.15) is 38.1 Å². The van der Waals surface area contributed by atoms with Gasteiger partial charge >= 0.3 is 0 Å². The summed E-state index contributed by atoms with van der Waals surface area (Å²) in [7, 11) is 0. The second-order valence-electron chi connectivity index (χ2n) is 4.90. The second-order valence-corrected chi connectivity index (χ2v) is 6.02. The number of carbonyl (C=O) groups excluding carboxylic acids is 1. The van der Waals surface area contributed by atoms with Gasteiger partial charge < -0.3 is 4.90 Å². The van der Waals surface area contributed by atoms with Gasteiger partial charge in [-0.05, 0) is 25.5 Å². The third kappa shape index (κ3) is 3.79. The Labute approximate surface area is 124 Å². The number of aromatic nitrogens is 1. The lowest BCUT2D eigenvalue weighted by atomic mass is 10.2. The highest BCUT2D eigenvalue weighted by Crippen LogP contribution is 2.22. The molecule has 108 valence electrons. The predicted molar refractivity (Wildman–Crippen MR) is 85.1 cm³/mol. The zero-order valence-electron chi connectivity index (χ0n) is 12.3. The molecule has 2 rings (SSSR count). The quantitative estimate of drug-likeness (QED) is 0.775. The fraction of sp³-hybridized carbons (Fsp3) is 0.500. The van der Waals surface area contributed by atoms with Crippen molar-refractivity contribution >= 4 is 27.5 Å². The fourth-order valence-electron chi connectivity index (χ4n) is 2.21. The molecule has 0 spiro atoms. The van der Waals surface area contributed by atoms with E-state index in [2.05, 4.69) is 18.0 Å². The van der Waals surface area contributed by atoms with Gasteiger partial charge in [0.25, 0.3) is 0 Å². The zero-order valence-corrected chi connectivity index (χ0v) is 13.1. The smallest absolute Gasteiger partial charge is 0.222 e. The van der Waals surface area contributed by atoms with E-state index in [9.17, 15) is 4.79 Å². The Bertz CT molecular complexity index is 531. The Balaban J connectivity index is 1.91. The average Bonchev–Trinajstić information content (AvgIpc) is 2.88. The predicted octanol–water partition coefficient (Wildman–Crippen LogP) is 3.88. The minimum atomic E-state index is 0.250. The summed E-state index contributed by atoms with van der Waals surface area (Å²) in [6, 6.07) is 8.13. The van der Waals surface area contributed by atoms with Gasteiger partial charge in [0.05, 0.1) is 15.2 Å². The number of carbonyl (C=O) groups is 1. The van der Waals surface area contributed by atoms with Crippen molar-refractivity contribution in [3.05, 3.63) is 29.3 Å². The maximum Gasteiger partial charge on any atom is 0.222 e. The number of hydrogen-bond donors (Lipinski definition) is 0. The summed E-state index contributed by atoms with van der Waals surface area (Å²) in [6.45, 7) is 5.88. The Morgan fingerprint density at radius 3 is 2.80 bits per heavy atom. The SMILES string of the molecule is CCCCN(CC)C(=O)CCc1nc2ccccc2s1.